The number of hydrogen-bond acceptors (Lipinski definition) is 5. The predicted molar refractivity (Wildman–Crippen MR) is 146 cm³/mol. The minimum absolute atomic E-state index is 0.0355. The second-order valence-corrected chi connectivity index (χ2v) is 12.8. The molecule has 4 rings (SSSR count). The number of piperidine rings is 1. The van der Waals surface area contributed by atoms with Crippen LogP contribution >= 0.6 is 23.2 Å². The van der Waals surface area contributed by atoms with E-state index in [1.54, 1.807) is 4.90 Å². The fourth-order valence-electron chi connectivity index (χ4n) is 5.25. The lowest BCUT2D eigenvalue weighted by atomic mass is 9.92. The maximum atomic E-state index is 13.2. The molecule has 2 fully saturated rings. The minimum atomic E-state index is -4.10. The molecule has 39 heavy (non-hydrogen) atoms. The van der Waals surface area contributed by atoms with Crippen molar-refractivity contribution in [3.63, 3.8) is 0 Å². The molecule has 1 aromatic carbocycles. The number of carboxylic acids is 1. The average Bonchev–Trinajstić information content (AvgIpc) is 3.59. The highest BCUT2D eigenvalue weighted by atomic mass is 35.5. The van der Waals surface area contributed by atoms with Crippen LogP contribution in [0.2, 0.25) is 10.0 Å². The molecule has 0 radical (unpaired) electrons. The molecule has 2 amide bonds. The fourth-order valence-corrected chi connectivity index (χ4v) is 7.63. The van der Waals surface area contributed by atoms with Crippen molar-refractivity contribution in [1.82, 2.24) is 19.5 Å². The van der Waals surface area contributed by atoms with Crippen LogP contribution in [-0.2, 0) is 30.8 Å². The average molecular weight is 600 g/mol. The molecule has 2 saturated heterocycles. The van der Waals surface area contributed by atoms with Gasteiger partial charge in [0.1, 0.15) is 12.1 Å². The molecule has 10 nitrogen and oxygen atoms in total. The second kappa shape index (κ2) is 12.7. The van der Waals surface area contributed by atoms with E-state index in [9.17, 15) is 27.9 Å². The number of benzene rings is 1. The van der Waals surface area contributed by atoms with Gasteiger partial charge in [-0.25, -0.2) is 13.2 Å². The van der Waals surface area contributed by atoms with Crippen LogP contribution in [0, 0.1) is 5.92 Å². The molecule has 0 bridgehead atoms. The lowest BCUT2D eigenvalue weighted by Crippen LogP contribution is -2.51. The van der Waals surface area contributed by atoms with Crippen molar-refractivity contribution in [2.45, 2.75) is 61.9 Å². The van der Waals surface area contributed by atoms with E-state index < -0.39 is 34.0 Å². The molecule has 2 aliphatic heterocycles. The van der Waals surface area contributed by atoms with Crippen LogP contribution in [0.5, 0.6) is 0 Å². The first kappa shape index (κ1) is 29.4. The van der Waals surface area contributed by atoms with Gasteiger partial charge in [0.2, 0.25) is 21.8 Å². The van der Waals surface area contributed by atoms with Crippen molar-refractivity contribution in [2.24, 2.45) is 5.92 Å². The van der Waals surface area contributed by atoms with E-state index in [0.717, 1.165) is 23.6 Å². The fraction of sp³-hybridized carbons (Fsp3) is 0.500. The highest BCUT2D eigenvalue weighted by Gasteiger charge is 2.41. The summed E-state index contributed by atoms with van der Waals surface area (Å²) in [7, 11) is -4.10. The summed E-state index contributed by atoms with van der Waals surface area (Å²) in [6.45, 7) is 1.31. The first-order valence-electron chi connectivity index (χ1n) is 13.0. The Morgan fingerprint density at radius 2 is 1.77 bits per heavy atom. The summed E-state index contributed by atoms with van der Waals surface area (Å²) < 4.78 is 27.5. The topological polar surface area (TPSA) is 140 Å². The highest BCUT2D eigenvalue weighted by molar-refractivity contribution is 7.89. The van der Waals surface area contributed by atoms with Gasteiger partial charge >= 0.3 is 5.97 Å². The van der Waals surface area contributed by atoms with Crippen LogP contribution < -0.4 is 5.32 Å². The zero-order chi connectivity index (χ0) is 28.2. The third-order valence-electron chi connectivity index (χ3n) is 7.35. The first-order valence-corrected chi connectivity index (χ1v) is 15.2. The molecule has 3 N–H and O–H groups in total. The van der Waals surface area contributed by atoms with Gasteiger partial charge < -0.3 is 20.3 Å². The van der Waals surface area contributed by atoms with Gasteiger partial charge in [-0.2, -0.15) is 4.31 Å². The predicted octanol–water partition coefficient (Wildman–Crippen LogP) is 3.31. The van der Waals surface area contributed by atoms with Gasteiger partial charge in [-0.05, 0) is 74.8 Å². The zero-order valence-corrected chi connectivity index (χ0v) is 23.6. The summed E-state index contributed by atoms with van der Waals surface area (Å²) in [6.07, 6.45) is 5.10. The Hall–Kier alpha value is -2.60. The number of carboxylic acid groups (broad SMARTS) is 1. The molecule has 212 valence electrons. The standard InChI is InChI=1S/C26H32Cl2N4O6S/c27-18-14-19(28)16-21(15-18)39(37,38)32-10-2-4-23(32)25(34)30-22(26(35)36)5-6-24(33)31-11-7-17(8-12-31)13-20-3-1-9-29-20/h1,3,9,14-17,22-23,29H,2,4-8,10-13H2,(H,30,34)(H,35,36)/t22-,23-/m0/s1. The Balaban J connectivity index is 1.32. The number of halogens is 2. The van der Waals surface area contributed by atoms with Crippen molar-refractivity contribution in [3.05, 3.63) is 52.3 Å². The van der Waals surface area contributed by atoms with E-state index in [2.05, 4.69) is 10.3 Å². The number of aliphatic carboxylic acids is 1. The van der Waals surface area contributed by atoms with E-state index in [4.69, 9.17) is 23.2 Å². The molecule has 2 aromatic rings. The zero-order valence-electron chi connectivity index (χ0n) is 21.3. The normalized spacial score (nSPS) is 19.6. The molecular weight excluding hydrogens is 567 g/mol. The first-order chi connectivity index (χ1) is 18.5. The van der Waals surface area contributed by atoms with Gasteiger partial charge in [0, 0.05) is 48.0 Å². The van der Waals surface area contributed by atoms with E-state index >= 15 is 0 Å². The summed E-state index contributed by atoms with van der Waals surface area (Å²) in [5.41, 5.74) is 1.17. The summed E-state index contributed by atoms with van der Waals surface area (Å²) in [6, 6.07) is 5.52. The van der Waals surface area contributed by atoms with Crippen LogP contribution in [-0.4, -0.2) is 77.2 Å². The molecule has 13 heteroatoms. The number of nitrogens with zero attached hydrogens (tertiary/aromatic N) is 2. The van der Waals surface area contributed by atoms with Crippen molar-refractivity contribution >= 4 is 51.0 Å². The van der Waals surface area contributed by atoms with Gasteiger partial charge in [0.05, 0.1) is 4.90 Å². The smallest absolute Gasteiger partial charge is 0.326 e. The SMILES string of the molecule is O=C(O)[C@H](CCC(=O)N1CCC(Cc2ccc[nH]2)CC1)NC(=O)[C@@H]1CCCN1S(=O)(=O)c1cc(Cl)cc(Cl)c1. The summed E-state index contributed by atoms with van der Waals surface area (Å²) >= 11 is 11.9. The molecule has 1 aromatic heterocycles. The van der Waals surface area contributed by atoms with Crippen LogP contribution in [0.4, 0.5) is 0 Å². The molecule has 2 atom stereocenters. The molecule has 3 heterocycles. The van der Waals surface area contributed by atoms with Crippen LogP contribution in [0.25, 0.3) is 0 Å². The third kappa shape index (κ3) is 7.33. The third-order valence-corrected chi connectivity index (χ3v) is 9.67. The van der Waals surface area contributed by atoms with E-state index in [-0.39, 0.29) is 46.7 Å². The number of rotatable bonds is 10. The van der Waals surface area contributed by atoms with Crippen molar-refractivity contribution in [1.29, 1.82) is 0 Å². The van der Waals surface area contributed by atoms with Gasteiger partial charge in [-0.3, -0.25) is 9.59 Å². The summed E-state index contributed by atoms with van der Waals surface area (Å²) in [5.74, 6) is -1.67. The van der Waals surface area contributed by atoms with Gasteiger partial charge in [0.25, 0.3) is 0 Å². The van der Waals surface area contributed by atoms with Gasteiger partial charge in [-0.1, -0.05) is 23.2 Å². The number of hydrogen-bond donors (Lipinski definition) is 3. The number of sulfonamides is 1. The summed E-state index contributed by atoms with van der Waals surface area (Å²) in [4.78, 5) is 42.6. The number of aromatic amines is 1. The monoisotopic (exact) mass is 598 g/mol. The quantitative estimate of drug-likeness (QED) is 0.383. The Morgan fingerprint density at radius 3 is 2.38 bits per heavy atom. The van der Waals surface area contributed by atoms with Crippen LogP contribution in [0.1, 0.15) is 44.2 Å². The lowest BCUT2D eigenvalue weighted by molar-refractivity contribution is -0.143. The van der Waals surface area contributed by atoms with E-state index in [0.29, 0.717) is 25.4 Å². The number of carbonyl (C=O) groups is 3. The van der Waals surface area contributed by atoms with Crippen molar-refractivity contribution in [3.8, 4) is 0 Å². The Morgan fingerprint density at radius 1 is 1.08 bits per heavy atom. The molecule has 0 saturated carbocycles. The van der Waals surface area contributed by atoms with Gasteiger partial charge in [-0.15, -0.1) is 0 Å². The number of carbonyl (C=O) groups excluding carboxylic acids is 2. The highest BCUT2D eigenvalue weighted by Crippen LogP contribution is 2.30. The van der Waals surface area contributed by atoms with E-state index in [1.165, 1.54) is 23.9 Å². The lowest BCUT2D eigenvalue weighted by Gasteiger charge is -2.32. The van der Waals surface area contributed by atoms with E-state index in [1.807, 2.05) is 18.3 Å². The van der Waals surface area contributed by atoms with Gasteiger partial charge in [0.15, 0.2) is 0 Å². The molecule has 0 unspecified atom stereocenters. The number of likely N-dealkylation sites (tertiary alicyclic amines) is 1. The van der Waals surface area contributed by atoms with Crippen molar-refractivity contribution in [2.75, 3.05) is 19.6 Å². The maximum Gasteiger partial charge on any atom is 0.326 e. The maximum absolute atomic E-state index is 13.2. The number of amides is 2. The van der Waals surface area contributed by atoms with Crippen LogP contribution in [0.3, 0.4) is 0 Å². The number of nitrogens with one attached hydrogen (secondary N) is 2. The minimum Gasteiger partial charge on any atom is -0.480 e. The largest absolute Gasteiger partial charge is 0.480 e. The molecular formula is C26H32Cl2N4O6S. The Bertz CT molecular complexity index is 1280. The Labute approximate surface area is 237 Å². The molecule has 0 aliphatic carbocycles. The Kier molecular flexibility index (Phi) is 9.58. The van der Waals surface area contributed by atoms with Crippen molar-refractivity contribution < 1.29 is 27.9 Å². The number of H-pyrrole nitrogens is 1. The second-order valence-electron chi connectivity index (χ2n) is 10.0. The number of aromatic nitrogens is 1. The summed E-state index contributed by atoms with van der Waals surface area (Å²) in [5, 5.41) is 12.4. The van der Waals surface area contributed by atoms with Crippen LogP contribution in [0.15, 0.2) is 41.4 Å². The molecule has 2 aliphatic rings. The molecule has 0 spiro atoms.